The first kappa shape index (κ1) is 16.9. The largest absolute Gasteiger partial charge is 0.493 e. The second-order valence-corrected chi connectivity index (χ2v) is 5.40. The van der Waals surface area contributed by atoms with Crippen LogP contribution in [-0.2, 0) is 0 Å². The van der Waals surface area contributed by atoms with Crippen molar-refractivity contribution in [2.75, 3.05) is 21.0 Å². The van der Waals surface area contributed by atoms with Gasteiger partial charge in [0, 0.05) is 17.2 Å². The fourth-order valence-electron chi connectivity index (χ4n) is 2.23. The molecular formula is C17H15ClN2O5. The summed E-state index contributed by atoms with van der Waals surface area (Å²) in [5.74, 6) is 1.77. The molecule has 1 aliphatic heterocycles. The molecule has 1 N–H and O–H groups in total. The van der Waals surface area contributed by atoms with Gasteiger partial charge in [0.05, 0.1) is 25.5 Å². The van der Waals surface area contributed by atoms with Gasteiger partial charge in [-0.25, -0.2) is 5.43 Å². The molecule has 0 atom stereocenters. The Morgan fingerprint density at radius 1 is 1.16 bits per heavy atom. The summed E-state index contributed by atoms with van der Waals surface area (Å²) in [6.07, 6.45) is 1.43. The van der Waals surface area contributed by atoms with Crippen molar-refractivity contribution in [3.63, 3.8) is 0 Å². The molecule has 1 heterocycles. The van der Waals surface area contributed by atoms with E-state index in [1.165, 1.54) is 20.4 Å². The molecule has 130 valence electrons. The highest BCUT2D eigenvalue weighted by Crippen LogP contribution is 2.33. The molecule has 3 rings (SSSR count). The molecule has 0 aliphatic carbocycles. The van der Waals surface area contributed by atoms with Gasteiger partial charge in [0.25, 0.3) is 5.91 Å². The van der Waals surface area contributed by atoms with Crippen LogP contribution in [0.25, 0.3) is 0 Å². The van der Waals surface area contributed by atoms with E-state index < -0.39 is 0 Å². The normalized spacial score (nSPS) is 12.3. The Hall–Kier alpha value is -2.93. The van der Waals surface area contributed by atoms with E-state index in [1.54, 1.807) is 30.3 Å². The van der Waals surface area contributed by atoms with Crippen LogP contribution in [0.2, 0.25) is 5.02 Å². The number of fused-ring (bicyclic) bond motifs is 1. The van der Waals surface area contributed by atoms with Crippen molar-refractivity contribution in [1.29, 1.82) is 0 Å². The lowest BCUT2D eigenvalue weighted by molar-refractivity contribution is 0.0954. The van der Waals surface area contributed by atoms with E-state index in [0.29, 0.717) is 39.1 Å². The van der Waals surface area contributed by atoms with Gasteiger partial charge in [0.1, 0.15) is 0 Å². The van der Waals surface area contributed by atoms with Gasteiger partial charge in [0.15, 0.2) is 23.0 Å². The average molecular weight is 363 g/mol. The van der Waals surface area contributed by atoms with Crippen molar-refractivity contribution in [3.05, 3.63) is 46.5 Å². The number of nitrogens with one attached hydrogen (secondary N) is 1. The minimum atomic E-state index is -0.383. The number of amides is 1. The highest BCUT2D eigenvalue weighted by molar-refractivity contribution is 6.33. The van der Waals surface area contributed by atoms with Crippen LogP contribution in [0.1, 0.15) is 15.9 Å². The van der Waals surface area contributed by atoms with Crippen LogP contribution in [0.3, 0.4) is 0 Å². The van der Waals surface area contributed by atoms with Gasteiger partial charge in [0.2, 0.25) is 6.79 Å². The van der Waals surface area contributed by atoms with E-state index in [9.17, 15) is 4.79 Å². The molecule has 0 saturated carbocycles. The SMILES string of the molecule is COc1cc(Cl)c(/C=N\NC(=O)c2ccc3c(c2)OCO3)cc1OC. The fraction of sp³-hybridized carbons (Fsp3) is 0.176. The van der Waals surface area contributed by atoms with Crippen LogP contribution < -0.4 is 24.4 Å². The minimum Gasteiger partial charge on any atom is -0.493 e. The zero-order valence-electron chi connectivity index (χ0n) is 13.5. The maximum absolute atomic E-state index is 12.1. The van der Waals surface area contributed by atoms with Crippen molar-refractivity contribution >= 4 is 23.7 Å². The monoisotopic (exact) mass is 362 g/mol. The number of hydrogen-bond acceptors (Lipinski definition) is 6. The molecule has 2 aromatic carbocycles. The van der Waals surface area contributed by atoms with Crippen molar-refractivity contribution in [2.45, 2.75) is 0 Å². The first-order valence-electron chi connectivity index (χ1n) is 7.27. The molecule has 0 fully saturated rings. The second kappa shape index (κ2) is 7.31. The van der Waals surface area contributed by atoms with E-state index in [1.807, 2.05) is 0 Å². The molecule has 0 aromatic heterocycles. The van der Waals surface area contributed by atoms with E-state index in [-0.39, 0.29) is 12.7 Å². The Morgan fingerprint density at radius 3 is 2.64 bits per heavy atom. The standard InChI is InChI=1S/C17H15ClN2O5/c1-22-14-6-11(12(18)7-15(14)23-2)8-19-20-17(21)10-3-4-13-16(5-10)25-9-24-13/h3-8H,9H2,1-2H3,(H,20,21)/b19-8-. The molecule has 25 heavy (non-hydrogen) atoms. The molecule has 0 bridgehead atoms. The first-order chi connectivity index (χ1) is 12.1. The van der Waals surface area contributed by atoms with E-state index in [2.05, 4.69) is 10.5 Å². The predicted octanol–water partition coefficient (Wildman–Crippen LogP) is 2.85. The Kier molecular flexibility index (Phi) is 4.95. The minimum absolute atomic E-state index is 0.149. The number of methoxy groups -OCH3 is 2. The molecular weight excluding hydrogens is 348 g/mol. The third-order valence-corrected chi connectivity index (χ3v) is 3.83. The summed E-state index contributed by atoms with van der Waals surface area (Å²) in [4.78, 5) is 12.1. The molecule has 2 aromatic rings. The maximum Gasteiger partial charge on any atom is 0.271 e. The van der Waals surface area contributed by atoms with Gasteiger partial charge in [-0.1, -0.05) is 11.6 Å². The maximum atomic E-state index is 12.1. The third-order valence-electron chi connectivity index (χ3n) is 3.51. The molecule has 0 spiro atoms. The topological polar surface area (TPSA) is 78.4 Å². The number of carbonyl (C=O) groups is 1. The number of halogens is 1. The van der Waals surface area contributed by atoms with Crippen molar-refractivity contribution in [2.24, 2.45) is 5.10 Å². The molecule has 0 saturated heterocycles. The summed E-state index contributed by atoms with van der Waals surface area (Å²) < 4.78 is 20.8. The zero-order chi connectivity index (χ0) is 17.8. The highest BCUT2D eigenvalue weighted by atomic mass is 35.5. The van der Waals surface area contributed by atoms with Crippen molar-refractivity contribution < 1.29 is 23.7 Å². The molecule has 1 amide bonds. The number of benzene rings is 2. The Morgan fingerprint density at radius 2 is 1.88 bits per heavy atom. The Labute approximate surface area is 149 Å². The lowest BCUT2D eigenvalue weighted by atomic mass is 10.2. The second-order valence-electron chi connectivity index (χ2n) is 5.00. The van der Waals surface area contributed by atoms with Crippen molar-refractivity contribution in [3.8, 4) is 23.0 Å². The van der Waals surface area contributed by atoms with Gasteiger partial charge in [-0.3, -0.25) is 4.79 Å². The van der Waals surface area contributed by atoms with Gasteiger partial charge in [-0.05, 0) is 24.3 Å². The first-order valence-corrected chi connectivity index (χ1v) is 7.64. The molecule has 7 nitrogen and oxygen atoms in total. The number of hydrazone groups is 1. The predicted molar refractivity (Wildman–Crippen MR) is 92.2 cm³/mol. The smallest absolute Gasteiger partial charge is 0.271 e. The van der Waals surface area contributed by atoms with Gasteiger partial charge >= 0.3 is 0 Å². The number of nitrogens with zero attached hydrogens (tertiary/aromatic N) is 1. The number of rotatable bonds is 5. The number of ether oxygens (including phenoxy) is 4. The summed E-state index contributed by atoms with van der Waals surface area (Å²) in [5.41, 5.74) is 3.41. The Bertz CT molecular complexity index is 838. The lowest BCUT2D eigenvalue weighted by Gasteiger charge is -2.09. The fourth-order valence-corrected chi connectivity index (χ4v) is 2.43. The molecule has 8 heteroatoms. The molecule has 1 aliphatic rings. The van der Waals surface area contributed by atoms with Crippen LogP contribution in [0.4, 0.5) is 0 Å². The van der Waals surface area contributed by atoms with E-state index >= 15 is 0 Å². The summed E-state index contributed by atoms with van der Waals surface area (Å²) in [7, 11) is 3.04. The zero-order valence-corrected chi connectivity index (χ0v) is 14.3. The number of carbonyl (C=O) groups excluding carboxylic acids is 1. The lowest BCUT2D eigenvalue weighted by Crippen LogP contribution is -2.17. The van der Waals surface area contributed by atoms with Gasteiger partial charge in [-0.2, -0.15) is 5.10 Å². The summed E-state index contributed by atoms with van der Waals surface area (Å²) >= 11 is 6.16. The van der Waals surface area contributed by atoms with Crippen LogP contribution in [0, 0.1) is 0 Å². The summed E-state index contributed by atoms with van der Waals surface area (Å²) in [6.45, 7) is 0.149. The van der Waals surface area contributed by atoms with Crippen LogP contribution in [0.15, 0.2) is 35.4 Å². The van der Waals surface area contributed by atoms with Gasteiger partial charge in [-0.15, -0.1) is 0 Å². The highest BCUT2D eigenvalue weighted by Gasteiger charge is 2.16. The third kappa shape index (κ3) is 3.61. The summed E-state index contributed by atoms with van der Waals surface area (Å²) in [5, 5.41) is 4.34. The van der Waals surface area contributed by atoms with Crippen LogP contribution in [-0.4, -0.2) is 33.1 Å². The molecule has 0 unspecified atom stereocenters. The van der Waals surface area contributed by atoms with Crippen LogP contribution >= 0.6 is 11.6 Å². The van der Waals surface area contributed by atoms with Crippen LogP contribution in [0.5, 0.6) is 23.0 Å². The van der Waals surface area contributed by atoms with Gasteiger partial charge < -0.3 is 18.9 Å². The van der Waals surface area contributed by atoms with E-state index in [4.69, 9.17) is 30.5 Å². The number of hydrogen-bond donors (Lipinski definition) is 1. The van der Waals surface area contributed by atoms with Crippen molar-refractivity contribution in [1.82, 2.24) is 5.43 Å². The summed E-state index contributed by atoms with van der Waals surface area (Å²) in [6, 6.07) is 8.17. The van der Waals surface area contributed by atoms with E-state index in [0.717, 1.165) is 0 Å². The molecule has 0 radical (unpaired) electrons. The Balaban J connectivity index is 1.71. The quantitative estimate of drug-likeness (QED) is 0.653. The average Bonchev–Trinajstić information content (AvgIpc) is 3.10.